The van der Waals surface area contributed by atoms with Gasteiger partial charge >= 0.3 is 0 Å². The predicted octanol–water partition coefficient (Wildman–Crippen LogP) is 2.87. The number of carbonyl (C=O) groups excluding carboxylic acids is 2. The summed E-state index contributed by atoms with van der Waals surface area (Å²) in [6.07, 6.45) is 0. The third-order valence-electron chi connectivity index (χ3n) is 4.11. The molecule has 0 spiro atoms. The Kier molecular flexibility index (Phi) is 3.99. The number of carbonyl (C=O) groups is 2. The molecule has 7 heteroatoms. The number of nitrogens with zero attached hydrogens (tertiary/aromatic N) is 3. The molecular formula is C18H14N4O2S. The van der Waals surface area contributed by atoms with Crippen LogP contribution in [-0.4, -0.2) is 26.9 Å². The van der Waals surface area contributed by atoms with Crippen LogP contribution >= 0.6 is 11.3 Å². The number of hydrogen-bond donors (Lipinski definition) is 1. The molecule has 0 unspecified atom stereocenters. The summed E-state index contributed by atoms with van der Waals surface area (Å²) in [5.74, 6) is -0.444. The van der Waals surface area contributed by atoms with Crippen LogP contribution in [0.3, 0.4) is 0 Å². The number of aromatic nitrogens is 2. The molecule has 0 fully saturated rings. The number of benzene rings is 2. The molecule has 6 nitrogen and oxygen atoms in total. The van der Waals surface area contributed by atoms with E-state index in [1.807, 2.05) is 48.5 Å². The van der Waals surface area contributed by atoms with Crippen molar-refractivity contribution in [2.24, 2.45) is 0 Å². The van der Waals surface area contributed by atoms with Gasteiger partial charge in [-0.25, -0.2) is 0 Å². The zero-order valence-corrected chi connectivity index (χ0v) is 13.9. The minimum absolute atomic E-state index is 0.142. The van der Waals surface area contributed by atoms with E-state index in [9.17, 15) is 9.59 Å². The second-order valence-corrected chi connectivity index (χ2v) is 6.47. The van der Waals surface area contributed by atoms with Crippen LogP contribution in [-0.2, 0) is 11.3 Å². The van der Waals surface area contributed by atoms with E-state index in [0.29, 0.717) is 17.2 Å². The summed E-state index contributed by atoms with van der Waals surface area (Å²) in [4.78, 5) is 27.4. The van der Waals surface area contributed by atoms with Gasteiger partial charge in [0.2, 0.25) is 5.13 Å². The van der Waals surface area contributed by atoms with Gasteiger partial charge in [-0.2, -0.15) is 0 Å². The van der Waals surface area contributed by atoms with Crippen molar-refractivity contribution in [1.29, 1.82) is 0 Å². The second-order valence-electron chi connectivity index (χ2n) is 5.64. The monoisotopic (exact) mass is 350 g/mol. The Morgan fingerprint density at radius 3 is 2.60 bits per heavy atom. The fourth-order valence-electron chi connectivity index (χ4n) is 2.99. The summed E-state index contributed by atoms with van der Waals surface area (Å²) in [7, 11) is 0. The lowest BCUT2D eigenvalue weighted by Crippen LogP contribution is -2.37. The lowest BCUT2D eigenvalue weighted by molar-refractivity contribution is -0.120. The molecule has 1 atom stereocenters. The average Bonchev–Trinajstić information content (AvgIpc) is 3.25. The van der Waals surface area contributed by atoms with E-state index in [4.69, 9.17) is 0 Å². The summed E-state index contributed by atoms with van der Waals surface area (Å²) in [6.45, 7) is 0.401. The second kappa shape index (κ2) is 6.45. The Bertz CT molecular complexity index is 912. The number of anilines is 1. The standard InChI is InChI=1S/C18H14N4O2S/c23-16(20-18-21-19-11-25-18)15(12-6-2-1-3-7-12)22-10-13-8-4-5-9-14(13)17(22)24/h1-9,11,15H,10H2,(H,20,21,23)/t15-/m0/s1. The van der Waals surface area contributed by atoms with Crippen molar-refractivity contribution in [3.8, 4) is 0 Å². The van der Waals surface area contributed by atoms with E-state index in [-0.39, 0.29) is 11.8 Å². The van der Waals surface area contributed by atoms with E-state index in [1.165, 1.54) is 11.3 Å². The van der Waals surface area contributed by atoms with Crippen molar-refractivity contribution >= 4 is 28.3 Å². The summed E-state index contributed by atoms with van der Waals surface area (Å²) >= 11 is 1.24. The van der Waals surface area contributed by atoms with Gasteiger partial charge in [0.15, 0.2) is 0 Å². The van der Waals surface area contributed by atoms with Crippen LogP contribution in [0.1, 0.15) is 27.5 Å². The van der Waals surface area contributed by atoms with Crippen molar-refractivity contribution in [1.82, 2.24) is 15.1 Å². The first-order valence-corrected chi connectivity index (χ1v) is 8.63. The Morgan fingerprint density at radius 2 is 1.88 bits per heavy atom. The molecule has 3 aromatic rings. The van der Waals surface area contributed by atoms with Crippen LogP contribution < -0.4 is 5.32 Å². The zero-order chi connectivity index (χ0) is 17.2. The normalized spacial score (nSPS) is 14.2. The number of hydrogen-bond acceptors (Lipinski definition) is 5. The highest BCUT2D eigenvalue weighted by molar-refractivity contribution is 7.13. The fraction of sp³-hybridized carbons (Fsp3) is 0.111. The van der Waals surface area contributed by atoms with Gasteiger partial charge < -0.3 is 4.90 Å². The van der Waals surface area contributed by atoms with Crippen molar-refractivity contribution in [3.05, 3.63) is 76.8 Å². The molecule has 0 saturated heterocycles. The van der Waals surface area contributed by atoms with Gasteiger partial charge in [0.05, 0.1) is 0 Å². The summed E-state index contributed by atoms with van der Waals surface area (Å²) in [5.41, 5.74) is 3.87. The molecule has 124 valence electrons. The van der Waals surface area contributed by atoms with E-state index >= 15 is 0 Å². The van der Waals surface area contributed by atoms with Crippen molar-refractivity contribution in [2.45, 2.75) is 12.6 Å². The van der Waals surface area contributed by atoms with Crippen molar-refractivity contribution in [2.75, 3.05) is 5.32 Å². The molecule has 1 N–H and O–H groups in total. The number of amides is 2. The lowest BCUT2D eigenvalue weighted by Gasteiger charge is -2.26. The average molecular weight is 350 g/mol. The highest BCUT2D eigenvalue weighted by atomic mass is 32.1. The molecule has 0 bridgehead atoms. The summed E-state index contributed by atoms with van der Waals surface area (Å²) in [5, 5.41) is 10.7. The smallest absolute Gasteiger partial charge is 0.255 e. The third-order valence-corrected chi connectivity index (χ3v) is 4.72. The minimum atomic E-state index is -0.731. The van der Waals surface area contributed by atoms with Gasteiger partial charge in [-0.15, -0.1) is 10.2 Å². The minimum Gasteiger partial charge on any atom is -0.318 e. The van der Waals surface area contributed by atoms with E-state index in [1.54, 1.807) is 16.5 Å². The highest BCUT2D eigenvalue weighted by Crippen LogP contribution is 2.32. The maximum Gasteiger partial charge on any atom is 0.255 e. The molecule has 4 rings (SSSR count). The molecule has 2 aromatic carbocycles. The van der Waals surface area contributed by atoms with Crippen LogP contribution in [0.15, 0.2) is 60.1 Å². The SMILES string of the molecule is O=C(Nc1nncs1)[C@H](c1ccccc1)N1Cc2ccccc2C1=O. The van der Waals surface area contributed by atoms with Crippen LogP contribution in [0.5, 0.6) is 0 Å². The van der Waals surface area contributed by atoms with Gasteiger partial charge in [0, 0.05) is 12.1 Å². The van der Waals surface area contributed by atoms with Gasteiger partial charge in [0.25, 0.3) is 11.8 Å². The Balaban J connectivity index is 1.69. The molecular weight excluding hydrogens is 336 g/mol. The first-order chi connectivity index (χ1) is 12.2. The third kappa shape index (κ3) is 2.89. The fourth-order valence-corrected chi connectivity index (χ4v) is 3.44. The van der Waals surface area contributed by atoms with E-state index in [2.05, 4.69) is 15.5 Å². The van der Waals surface area contributed by atoms with E-state index in [0.717, 1.165) is 11.1 Å². The lowest BCUT2D eigenvalue weighted by atomic mass is 10.0. The largest absolute Gasteiger partial charge is 0.318 e. The number of rotatable bonds is 4. The molecule has 1 aromatic heterocycles. The Morgan fingerprint density at radius 1 is 1.12 bits per heavy atom. The maximum atomic E-state index is 12.9. The first kappa shape index (κ1) is 15.5. The Labute approximate surface area is 148 Å². The van der Waals surface area contributed by atoms with E-state index < -0.39 is 6.04 Å². The Hall–Kier alpha value is -3.06. The van der Waals surface area contributed by atoms with Crippen LogP contribution in [0.2, 0.25) is 0 Å². The topological polar surface area (TPSA) is 75.2 Å². The molecule has 0 radical (unpaired) electrons. The maximum absolute atomic E-state index is 12.9. The predicted molar refractivity (Wildman–Crippen MR) is 94.0 cm³/mol. The van der Waals surface area contributed by atoms with Gasteiger partial charge in [0.1, 0.15) is 11.6 Å². The quantitative estimate of drug-likeness (QED) is 0.785. The van der Waals surface area contributed by atoms with Gasteiger partial charge in [-0.1, -0.05) is 59.9 Å². The molecule has 1 aliphatic heterocycles. The van der Waals surface area contributed by atoms with Crippen LogP contribution in [0.4, 0.5) is 5.13 Å². The number of fused-ring (bicyclic) bond motifs is 1. The van der Waals surface area contributed by atoms with Gasteiger partial charge in [-0.3, -0.25) is 14.9 Å². The van der Waals surface area contributed by atoms with Crippen LogP contribution in [0.25, 0.3) is 0 Å². The van der Waals surface area contributed by atoms with Crippen molar-refractivity contribution in [3.63, 3.8) is 0 Å². The molecule has 1 aliphatic rings. The molecule has 0 saturated carbocycles. The molecule has 0 aliphatic carbocycles. The number of nitrogens with one attached hydrogen (secondary N) is 1. The molecule has 2 amide bonds. The summed E-state index contributed by atoms with van der Waals surface area (Å²) in [6, 6.07) is 16.0. The van der Waals surface area contributed by atoms with Crippen molar-refractivity contribution < 1.29 is 9.59 Å². The first-order valence-electron chi connectivity index (χ1n) is 7.75. The zero-order valence-electron chi connectivity index (χ0n) is 13.1. The van der Waals surface area contributed by atoms with Gasteiger partial charge in [-0.05, 0) is 17.2 Å². The van der Waals surface area contributed by atoms with Crippen LogP contribution in [0, 0.1) is 0 Å². The molecule has 2 heterocycles. The highest BCUT2D eigenvalue weighted by Gasteiger charge is 2.37. The summed E-state index contributed by atoms with van der Waals surface area (Å²) < 4.78 is 0. The molecule has 25 heavy (non-hydrogen) atoms.